The molecule has 0 bridgehead atoms. The molecule has 0 saturated carbocycles. The van der Waals surface area contributed by atoms with Gasteiger partial charge >= 0.3 is 0 Å². The zero-order chi connectivity index (χ0) is 18.0. The fraction of sp³-hybridized carbons (Fsp3) is 0.444. The predicted molar refractivity (Wildman–Crippen MR) is 96.3 cm³/mol. The number of amides is 1. The maximum atomic E-state index is 11.9. The number of aryl methyl sites for hydroxylation is 1. The van der Waals surface area contributed by atoms with Gasteiger partial charge in [0.2, 0.25) is 5.91 Å². The van der Waals surface area contributed by atoms with Gasteiger partial charge < -0.3 is 15.6 Å². The van der Waals surface area contributed by atoms with Crippen molar-refractivity contribution in [2.24, 2.45) is 11.7 Å². The number of primary amides is 1. The van der Waals surface area contributed by atoms with Gasteiger partial charge in [0.1, 0.15) is 11.6 Å². The van der Waals surface area contributed by atoms with Crippen molar-refractivity contribution in [3.05, 3.63) is 39.9 Å². The number of anilines is 1. The maximum Gasteiger partial charge on any atom is 0.254 e. The van der Waals surface area contributed by atoms with Gasteiger partial charge in [-0.1, -0.05) is 0 Å². The van der Waals surface area contributed by atoms with Crippen LogP contribution in [0.5, 0.6) is 0 Å². The lowest BCUT2D eigenvalue weighted by Gasteiger charge is -2.32. The van der Waals surface area contributed by atoms with Gasteiger partial charge in [0.25, 0.3) is 5.56 Å². The van der Waals surface area contributed by atoms with Crippen LogP contribution in [0.2, 0.25) is 0 Å². The number of nitrogens with one attached hydrogen (secondary N) is 1. The van der Waals surface area contributed by atoms with Crippen molar-refractivity contribution in [2.75, 3.05) is 18.0 Å². The van der Waals surface area contributed by atoms with Crippen LogP contribution in [0, 0.1) is 19.8 Å². The van der Waals surface area contributed by atoms with Crippen molar-refractivity contribution in [3.63, 3.8) is 0 Å². The van der Waals surface area contributed by atoms with Gasteiger partial charge in [0.15, 0.2) is 0 Å². The lowest BCUT2D eigenvalue weighted by atomic mass is 9.93. The number of hydrogen-bond acceptors (Lipinski definition) is 5. The second kappa shape index (κ2) is 7.04. The highest BCUT2D eigenvalue weighted by Gasteiger charge is 2.21. The summed E-state index contributed by atoms with van der Waals surface area (Å²) in [6.07, 6.45) is 4.08. The van der Waals surface area contributed by atoms with Crippen molar-refractivity contribution in [1.82, 2.24) is 15.0 Å². The summed E-state index contributed by atoms with van der Waals surface area (Å²) in [5, 5.41) is 0. The number of H-pyrrole nitrogens is 1. The largest absolute Gasteiger partial charge is 0.370 e. The molecule has 3 rings (SSSR count). The molecule has 1 aliphatic rings. The highest BCUT2D eigenvalue weighted by molar-refractivity contribution is 5.74. The number of pyridine rings is 1. The van der Waals surface area contributed by atoms with E-state index in [2.05, 4.69) is 19.9 Å². The van der Waals surface area contributed by atoms with E-state index in [4.69, 9.17) is 5.73 Å². The molecule has 3 heterocycles. The summed E-state index contributed by atoms with van der Waals surface area (Å²) in [6.45, 7) is 5.31. The van der Waals surface area contributed by atoms with Crippen molar-refractivity contribution in [3.8, 4) is 11.4 Å². The van der Waals surface area contributed by atoms with E-state index < -0.39 is 0 Å². The lowest BCUT2D eigenvalue weighted by molar-refractivity contribution is -0.119. The molecular weight excluding hydrogens is 318 g/mol. The third kappa shape index (κ3) is 3.87. The van der Waals surface area contributed by atoms with E-state index in [-0.39, 0.29) is 11.5 Å². The molecule has 2 aromatic heterocycles. The molecule has 0 unspecified atom stereocenters. The highest BCUT2D eigenvalue weighted by Crippen LogP contribution is 2.25. The molecular formula is C18H23N5O2. The van der Waals surface area contributed by atoms with Gasteiger partial charge in [0, 0.05) is 42.5 Å². The minimum atomic E-state index is -0.226. The summed E-state index contributed by atoms with van der Waals surface area (Å²) >= 11 is 0. The van der Waals surface area contributed by atoms with E-state index in [1.807, 2.05) is 19.1 Å². The van der Waals surface area contributed by atoms with Crippen LogP contribution in [-0.2, 0) is 4.79 Å². The Morgan fingerprint density at radius 3 is 2.60 bits per heavy atom. The number of carbonyl (C=O) groups is 1. The van der Waals surface area contributed by atoms with Crippen molar-refractivity contribution in [1.29, 1.82) is 0 Å². The number of aromatic amines is 1. The first-order chi connectivity index (χ1) is 11.9. The first-order valence-corrected chi connectivity index (χ1v) is 8.51. The van der Waals surface area contributed by atoms with Gasteiger partial charge in [-0.15, -0.1) is 0 Å². The van der Waals surface area contributed by atoms with Gasteiger partial charge in [-0.25, -0.2) is 9.97 Å². The molecule has 1 saturated heterocycles. The van der Waals surface area contributed by atoms with Gasteiger partial charge in [0.05, 0.1) is 0 Å². The maximum absolute atomic E-state index is 11.9. The second-order valence-corrected chi connectivity index (χ2v) is 6.63. The summed E-state index contributed by atoms with van der Waals surface area (Å²) < 4.78 is 0. The van der Waals surface area contributed by atoms with E-state index in [1.54, 1.807) is 13.1 Å². The molecule has 1 amide bonds. The van der Waals surface area contributed by atoms with Crippen LogP contribution < -0.4 is 16.2 Å². The smallest absolute Gasteiger partial charge is 0.254 e. The van der Waals surface area contributed by atoms with Crippen LogP contribution in [0.4, 0.5) is 5.82 Å². The Morgan fingerprint density at radius 2 is 2.04 bits per heavy atom. The zero-order valence-corrected chi connectivity index (χ0v) is 14.6. The number of rotatable bonds is 4. The van der Waals surface area contributed by atoms with Crippen LogP contribution in [0.1, 0.15) is 30.5 Å². The Bertz CT molecular complexity index is 820. The van der Waals surface area contributed by atoms with E-state index in [1.165, 1.54) is 0 Å². The number of piperidine rings is 1. The Kier molecular flexibility index (Phi) is 4.83. The number of aromatic nitrogens is 3. The second-order valence-electron chi connectivity index (χ2n) is 6.63. The molecule has 7 heteroatoms. The first kappa shape index (κ1) is 17.1. The average molecular weight is 341 g/mol. The Balaban J connectivity index is 1.71. The molecule has 7 nitrogen and oxygen atoms in total. The number of hydrogen-bond donors (Lipinski definition) is 2. The highest BCUT2D eigenvalue weighted by atomic mass is 16.1. The summed E-state index contributed by atoms with van der Waals surface area (Å²) in [7, 11) is 0. The Labute approximate surface area is 146 Å². The van der Waals surface area contributed by atoms with Crippen molar-refractivity contribution >= 4 is 11.7 Å². The SMILES string of the molecule is Cc1nc(-c2ccc(N3CCC(CC(N)=O)CC3)nc2)[nH]c(=O)c1C. The van der Waals surface area contributed by atoms with Gasteiger partial charge in [-0.05, 0) is 44.7 Å². The summed E-state index contributed by atoms with van der Waals surface area (Å²) in [5.41, 5.74) is 7.29. The quantitative estimate of drug-likeness (QED) is 0.877. The summed E-state index contributed by atoms with van der Waals surface area (Å²) in [5.74, 6) is 1.58. The zero-order valence-electron chi connectivity index (χ0n) is 14.6. The third-order valence-electron chi connectivity index (χ3n) is 4.84. The molecule has 0 spiro atoms. The van der Waals surface area contributed by atoms with Crippen LogP contribution >= 0.6 is 0 Å². The van der Waals surface area contributed by atoms with Crippen molar-refractivity contribution in [2.45, 2.75) is 33.1 Å². The van der Waals surface area contributed by atoms with E-state index in [0.29, 0.717) is 23.7 Å². The molecule has 1 fully saturated rings. The standard InChI is InChI=1S/C18H23N5O2/c1-11-12(2)21-17(22-18(11)25)14-3-4-16(20-10-14)23-7-5-13(6-8-23)9-15(19)24/h3-4,10,13H,5-9H2,1-2H3,(H2,19,24)(H,21,22,25). The minimum absolute atomic E-state index is 0.122. The molecule has 0 radical (unpaired) electrons. The molecule has 0 atom stereocenters. The van der Waals surface area contributed by atoms with Crippen LogP contribution in [0.15, 0.2) is 23.1 Å². The van der Waals surface area contributed by atoms with E-state index in [9.17, 15) is 9.59 Å². The van der Waals surface area contributed by atoms with Gasteiger partial charge in [-0.2, -0.15) is 0 Å². The van der Waals surface area contributed by atoms with E-state index in [0.717, 1.165) is 43.0 Å². The topological polar surface area (TPSA) is 105 Å². The fourth-order valence-corrected chi connectivity index (χ4v) is 3.15. The predicted octanol–water partition coefficient (Wildman–Crippen LogP) is 1.54. The fourth-order valence-electron chi connectivity index (χ4n) is 3.15. The monoisotopic (exact) mass is 341 g/mol. The molecule has 2 aromatic rings. The Morgan fingerprint density at radius 1 is 1.32 bits per heavy atom. The number of nitrogens with zero attached hydrogens (tertiary/aromatic N) is 3. The lowest BCUT2D eigenvalue weighted by Crippen LogP contribution is -2.35. The molecule has 25 heavy (non-hydrogen) atoms. The number of nitrogens with two attached hydrogens (primary N) is 1. The molecule has 0 aliphatic carbocycles. The summed E-state index contributed by atoms with van der Waals surface area (Å²) in [6, 6.07) is 3.86. The first-order valence-electron chi connectivity index (χ1n) is 8.51. The molecule has 132 valence electrons. The van der Waals surface area contributed by atoms with Crippen molar-refractivity contribution < 1.29 is 4.79 Å². The summed E-state index contributed by atoms with van der Waals surface area (Å²) in [4.78, 5) is 36.9. The average Bonchev–Trinajstić information content (AvgIpc) is 2.59. The minimum Gasteiger partial charge on any atom is -0.370 e. The number of carbonyl (C=O) groups excluding carboxylic acids is 1. The normalized spacial score (nSPS) is 15.4. The molecule has 1 aliphatic heterocycles. The third-order valence-corrected chi connectivity index (χ3v) is 4.84. The van der Waals surface area contributed by atoms with Crippen LogP contribution in [0.3, 0.4) is 0 Å². The van der Waals surface area contributed by atoms with Crippen LogP contribution in [-0.4, -0.2) is 33.9 Å². The molecule has 3 N–H and O–H groups in total. The van der Waals surface area contributed by atoms with Crippen LogP contribution in [0.25, 0.3) is 11.4 Å². The van der Waals surface area contributed by atoms with Gasteiger partial charge in [-0.3, -0.25) is 9.59 Å². The Hall–Kier alpha value is -2.70. The molecule has 0 aromatic carbocycles. The van der Waals surface area contributed by atoms with E-state index >= 15 is 0 Å².